The lowest BCUT2D eigenvalue weighted by molar-refractivity contribution is -0.384. The first-order chi connectivity index (χ1) is 10.3. The molecule has 1 rings (SSSR count). The van der Waals surface area contributed by atoms with Gasteiger partial charge in [0.25, 0.3) is 11.6 Å². The maximum absolute atomic E-state index is 11.7. The molecule has 0 fully saturated rings. The van der Waals surface area contributed by atoms with Crippen LogP contribution in [0.4, 0.5) is 5.69 Å². The summed E-state index contributed by atoms with van der Waals surface area (Å²) in [5, 5.41) is 22.9. The van der Waals surface area contributed by atoms with Crippen LogP contribution < -0.4 is 5.32 Å². The number of nitro groups is 1. The Morgan fingerprint density at radius 1 is 1.32 bits per heavy atom. The second-order valence-electron chi connectivity index (χ2n) is 4.10. The summed E-state index contributed by atoms with van der Waals surface area (Å²) in [4.78, 5) is 31.7. The molecule has 10 heteroatoms. The summed E-state index contributed by atoms with van der Waals surface area (Å²) in [5.74, 6) is -1.81. The fourth-order valence-corrected chi connectivity index (χ4v) is 1.72. The van der Waals surface area contributed by atoms with E-state index in [1.165, 1.54) is 12.1 Å². The standard InChI is InChI=1S/C12H12Cl2N2O6/c1-22-12(19)8(15-11(18)10(13)14)9(17)6-2-4-7(5-3-6)16(20)21/h2-5,8-10,17H,1H3,(H,15,18)/t8-,9-/m1/s1. The van der Waals surface area contributed by atoms with Crippen molar-refractivity contribution in [2.45, 2.75) is 17.0 Å². The molecule has 8 nitrogen and oxygen atoms in total. The van der Waals surface area contributed by atoms with Gasteiger partial charge in [0.15, 0.2) is 10.9 Å². The van der Waals surface area contributed by atoms with Gasteiger partial charge in [-0.15, -0.1) is 0 Å². The molecule has 0 aliphatic heterocycles. The minimum Gasteiger partial charge on any atom is -0.467 e. The third-order valence-electron chi connectivity index (χ3n) is 2.71. The van der Waals surface area contributed by atoms with E-state index in [9.17, 15) is 24.8 Å². The highest BCUT2D eigenvalue weighted by molar-refractivity contribution is 6.53. The number of halogens is 2. The van der Waals surface area contributed by atoms with Crippen LogP contribution in [0.25, 0.3) is 0 Å². The van der Waals surface area contributed by atoms with Crippen LogP contribution in [0.5, 0.6) is 0 Å². The number of rotatable bonds is 6. The highest BCUT2D eigenvalue weighted by Crippen LogP contribution is 2.21. The van der Waals surface area contributed by atoms with Crippen molar-refractivity contribution in [1.29, 1.82) is 0 Å². The van der Waals surface area contributed by atoms with Gasteiger partial charge in [-0.1, -0.05) is 23.2 Å². The highest BCUT2D eigenvalue weighted by atomic mass is 35.5. The van der Waals surface area contributed by atoms with Crippen molar-refractivity contribution in [1.82, 2.24) is 5.32 Å². The Morgan fingerprint density at radius 2 is 1.86 bits per heavy atom. The molecular formula is C12H12Cl2N2O6. The van der Waals surface area contributed by atoms with Crippen molar-refractivity contribution in [3.63, 3.8) is 0 Å². The van der Waals surface area contributed by atoms with Crippen LogP contribution in [-0.2, 0) is 14.3 Å². The predicted molar refractivity (Wildman–Crippen MR) is 77.5 cm³/mol. The smallest absolute Gasteiger partial charge is 0.331 e. The van der Waals surface area contributed by atoms with E-state index in [1.54, 1.807) is 0 Å². The van der Waals surface area contributed by atoms with Crippen LogP contribution in [-0.4, -0.2) is 39.9 Å². The van der Waals surface area contributed by atoms with E-state index in [2.05, 4.69) is 10.1 Å². The average Bonchev–Trinajstić information content (AvgIpc) is 2.50. The number of benzene rings is 1. The van der Waals surface area contributed by atoms with Crippen LogP contribution >= 0.6 is 23.2 Å². The van der Waals surface area contributed by atoms with E-state index in [4.69, 9.17) is 23.2 Å². The van der Waals surface area contributed by atoms with E-state index < -0.39 is 33.8 Å². The normalized spacial score (nSPS) is 13.3. The van der Waals surface area contributed by atoms with Crippen LogP contribution in [0.3, 0.4) is 0 Å². The molecule has 0 heterocycles. The second kappa shape index (κ2) is 7.92. The molecule has 1 aromatic carbocycles. The lowest BCUT2D eigenvalue weighted by Gasteiger charge is -2.22. The molecule has 0 radical (unpaired) electrons. The summed E-state index contributed by atoms with van der Waals surface area (Å²) in [7, 11) is 1.07. The number of esters is 1. The second-order valence-corrected chi connectivity index (χ2v) is 5.20. The molecule has 120 valence electrons. The quantitative estimate of drug-likeness (QED) is 0.343. The summed E-state index contributed by atoms with van der Waals surface area (Å²) in [6, 6.07) is 3.35. The van der Waals surface area contributed by atoms with E-state index >= 15 is 0 Å². The van der Waals surface area contributed by atoms with Crippen molar-refractivity contribution in [2.75, 3.05) is 7.11 Å². The van der Waals surface area contributed by atoms with Crippen molar-refractivity contribution in [3.8, 4) is 0 Å². The van der Waals surface area contributed by atoms with Gasteiger partial charge >= 0.3 is 5.97 Å². The van der Waals surface area contributed by atoms with Gasteiger partial charge < -0.3 is 15.2 Å². The Bertz CT molecular complexity index is 563. The number of nitro benzene ring substituents is 1. The topological polar surface area (TPSA) is 119 Å². The van der Waals surface area contributed by atoms with Crippen LogP contribution in [0.1, 0.15) is 11.7 Å². The zero-order chi connectivity index (χ0) is 16.9. The van der Waals surface area contributed by atoms with E-state index in [0.717, 1.165) is 19.2 Å². The van der Waals surface area contributed by atoms with Gasteiger partial charge in [0, 0.05) is 12.1 Å². The Kier molecular flexibility index (Phi) is 6.54. The number of hydrogen-bond donors (Lipinski definition) is 2. The number of carbonyl (C=O) groups is 2. The fraction of sp³-hybridized carbons (Fsp3) is 0.333. The summed E-state index contributed by atoms with van der Waals surface area (Å²) in [6.07, 6.45) is -1.50. The van der Waals surface area contributed by atoms with Crippen molar-refractivity contribution in [3.05, 3.63) is 39.9 Å². The molecule has 0 saturated heterocycles. The zero-order valence-electron chi connectivity index (χ0n) is 11.2. The Balaban J connectivity index is 3.00. The number of amides is 1. The Hall–Kier alpha value is -1.90. The van der Waals surface area contributed by atoms with Crippen LogP contribution in [0, 0.1) is 10.1 Å². The van der Waals surface area contributed by atoms with Gasteiger partial charge in [-0.05, 0) is 17.7 Å². The number of non-ortho nitro benzene ring substituents is 1. The first-order valence-electron chi connectivity index (χ1n) is 5.86. The third-order valence-corrected chi connectivity index (χ3v) is 3.11. The number of aliphatic hydroxyl groups is 1. The van der Waals surface area contributed by atoms with Gasteiger partial charge in [0.05, 0.1) is 12.0 Å². The molecule has 0 unspecified atom stereocenters. The van der Waals surface area contributed by atoms with Crippen molar-refractivity contribution >= 4 is 40.8 Å². The maximum Gasteiger partial charge on any atom is 0.331 e. The number of ether oxygens (including phenoxy) is 1. The minimum absolute atomic E-state index is 0.169. The summed E-state index contributed by atoms with van der Waals surface area (Å²) < 4.78 is 4.49. The molecular weight excluding hydrogens is 339 g/mol. The molecule has 0 spiro atoms. The zero-order valence-corrected chi connectivity index (χ0v) is 12.7. The highest BCUT2D eigenvalue weighted by Gasteiger charge is 2.32. The molecule has 2 atom stereocenters. The van der Waals surface area contributed by atoms with Gasteiger partial charge in [-0.25, -0.2) is 4.79 Å². The molecule has 2 N–H and O–H groups in total. The fourth-order valence-electron chi connectivity index (χ4n) is 1.60. The number of nitrogens with zero attached hydrogens (tertiary/aromatic N) is 1. The van der Waals surface area contributed by atoms with Gasteiger partial charge in [0.1, 0.15) is 6.10 Å². The maximum atomic E-state index is 11.7. The van der Waals surface area contributed by atoms with E-state index in [-0.39, 0.29) is 11.3 Å². The summed E-state index contributed by atoms with van der Waals surface area (Å²) in [6.45, 7) is 0. The number of alkyl halides is 2. The van der Waals surface area contributed by atoms with E-state index in [0.29, 0.717) is 0 Å². The van der Waals surface area contributed by atoms with E-state index in [1.807, 2.05) is 0 Å². The van der Waals surface area contributed by atoms with Crippen molar-refractivity contribution < 1.29 is 24.4 Å². The molecule has 1 amide bonds. The average molecular weight is 351 g/mol. The first-order valence-corrected chi connectivity index (χ1v) is 6.74. The number of hydrogen-bond acceptors (Lipinski definition) is 6. The monoisotopic (exact) mass is 350 g/mol. The SMILES string of the molecule is COC(=O)[C@H](NC(=O)C(Cl)Cl)[C@H](O)c1ccc([N+](=O)[O-])cc1. The molecule has 0 aromatic heterocycles. The van der Waals surface area contributed by atoms with Gasteiger partial charge in [0.2, 0.25) is 0 Å². The number of carbonyl (C=O) groups excluding carboxylic acids is 2. The first kappa shape index (κ1) is 18.1. The molecule has 0 saturated carbocycles. The third kappa shape index (κ3) is 4.55. The number of nitrogens with one attached hydrogen (secondary N) is 1. The van der Waals surface area contributed by atoms with Crippen LogP contribution in [0.15, 0.2) is 24.3 Å². The van der Waals surface area contributed by atoms with Gasteiger partial charge in [-0.3, -0.25) is 14.9 Å². The molecule has 0 aliphatic carbocycles. The molecule has 22 heavy (non-hydrogen) atoms. The lowest BCUT2D eigenvalue weighted by atomic mass is 10.0. The summed E-state index contributed by atoms with van der Waals surface area (Å²) in [5.41, 5.74) is -0.0156. The Labute approximate surface area is 135 Å². The predicted octanol–water partition coefficient (Wildman–Crippen LogP) is 1.09. The minimum atomic E-state index is -1.50. The molecule has 0 aliphatic rings. The lowest BCUT2D eigenvalue weighted by Crippen LogP contribution is -2.47. The van der Waals surface area contributed by atoms with Gasteiger partial charge in [-0.2, -0.15) is 0 Å². The van der Waals surface area contributed by atoms with Crippen molar-refractivity contribution in [2.24, 2.45) is 0 Å². The largest absolute Gasteiger partial charge is 0.467 e. The van der Waals surface area contributed by atoms with Crippen LogP contribution in [0.2, 0.25) is 0 Å². The Morgan fingerprint density at radius 3 is 2.27 bits per heavy atom. The molecule has 0 bridgehead atoms. The molecule has 1 aromatic rings. The number of methoxy groups -OCH3 is 1. The number of aliphatic hydroxyl groups excluding tert-OH is 1. The summed E-state index contributed by atoms with van der Waals surface area (Å²) >= 11 is 10.7.